The fourth-order valence-electron chi connectivity index (χ4n) is 2.35. The summed E-state index contributed by atoms with van der Waals surface area (Å²) in [6.45, 7) is 7.36. The van der Waals surface area contributed by atoms with Crippen molar-refractivity contribution in [1.82, 2.24) is 0 Å². The van der Waals surface area contributed by atoms with E-state index in [9.17, 15) is 0 Å². The quantitative estimate of drug-likeness (QED) is 0.329. The lowest BCUT2D eigenvalue weighted by Crippen LogP contribution is -2.39. The molecule has 0 fully saturated rings. The summed E-state index contributed by atoms with van der Waals surface area (Å²) in [5, 5.41) is 3.94. The van der Waals surface area contributed by atoms with Crippen molar-refractivity contribution >= 4 is 38.7 Å². The molecule has 0 aliphatic carbocycles. The first-order valence-corrected chi connectivity index (χ1v) is 12.5. The first kappa shape index (κ1) is 18.8. The van der Waals surface area contributed by atoms with Crippen LogP contribution in [0.4, 0.5) is 0 Å². The third kappa shape index (κ3) is 5.00. The van der Waals surface area contributed by atoms with E-state index in [4.69, 9.17) is 9.47 Å². The number of rotatable bonds is 7. The number of hydrogen-bond acceptors (Lipinski definition) is 3. The van der Waals surface area contributed by atoms with Crippen molar-refractivity contribution in [2.24, 2.45) is 4.99 Å². The maximum Gasteiger partial charge on any atom is 0.188 e. The molecule has 128 valence electrons. The minimum atomic E-state index is -1.37. The van der Waals surface area contributed by atoms with Crippen molar-refractivity contribution in [1.29, 1.82) is 0 Å². The SMILES string of the molecule is C/N=C/c1ccccc1Pc1cc([Si](C)(C)C)ccc1OCOC. The van der Waals surface area contributed by atoms with Gasteiger partial charge in [0.25, 0.3) is 0 Å². The van der Waals surface area contributed by atoms with Crippen molar-refractivity contribution in [2.45, 2.75) is 19.6 Å². The van der Waals surface area contributed by atoms with Gasteiger partial charge in [0.15, 0.2) is 6.79 Å². The average Bonchev–Trinajstić information content (AvgIpc) is 2.55. The maximum absolute atomic E-state index is 5.79. The van der Waals surface area contributed by atoms with Crippen molar-refractivity contribution in [3.8, 4) is 5.75 Å². The number of aliphatic imine (C=N–C) groups is 1. The summed E-state index contributed by atoms with van der Waals surface area (Å²) in [6, 6.07) is 15.0. The second kappa shape index (κ2) is 8.57. The van der Waals surface area contributed by atoms with Gasteiger partial charge >= 0.3 is 0 Å². The topological polar surface area (TPSA) is 30.8 Å². The number of benzene rings is 2. The molecule has 0 spiro atoms. The molecule has 3 nitrogen and oxygen atoms in total. The molecular weight excluding hydrogens is 333 g/mol. The third-order valence-corrected chi connectivity index (χ3v) is 7.10. The molecule has 0 aromatic heterocycles. The van der Waals surface area contributed by atoms with Gasteiger partial charge in [0.05, 0.1) is 8.07 Å². The molecule has 1 unspecified atom stereocenters. The van der Waals surface area contributed by atoms with Crippen LogP contribution in [-0.2, 0) is 4.74 Å². The van der Waals surface area contributed by atoms with Gasteiger partial charge in [-0.1, -0.05) is 69.8 Å². The maximum atomic E-state index is 5.79. The lowest BCUT2D eigenvalue weighted by molar-refractivity contribution is 0.0519. The Hall–Kier alpha value is -1.48. The fraction of sp³-hybridized carbons (Fsp3) is 0.316. The number of nitrogens with zero attached hydrogens (tertiary/aromatic N) is 1. The summed E-state index contributed by atoms with van der Waals surface area (Å²) in [7, 11) is 2.60. The van der Waals surface area contributed by atoms with Gasteiger partial charge in [-0.25, -0.2) is 0 Å². The predicted molar refractivity (Wildman–Crippen MR) is 109 cm³/mol. The zero-order valence-corrected chi connectivity index (χ0v) is 17.1. The highest BCUT2D eigenvalue weighted by Crippen LogP contribution is 2.21. The Morgan fingerprint density at radius 2 is 1.83 bits per heavy atom. The molecule has 0 heterocycles. The Kier molecular flexibility index (Phi) is 6.73. The first-order valence-electron chi connectivity index (χ1n) is 8.00. The van der Waals surface area contributed by atoms with Crippen molar-refractivity contribution < 1.29 is 9.47 Å². The highest BCUT2D eigenvalue weighted by Gasteiger charge is 2.18. The number of hydrogen-bond donors (Lipinski definition) is 0. The van der Waals surface area contributed by atoms with Gasteiger partial charge in [0.1, 0.15) is 5.75 Å². The van der Waals surface area contributed by atoms with Crippen LogP contribution in [0.25, 0.3) is 0 Å². The average molecular weight is 359 g/mol. The molecule has 0 N–H and O–H groups in total. The Morgan fingerprint density at radius 1 is 1.08 bits per heavy atom. The summed E-state index contributed by atoms with van der Waals surface area (Å²) in [4.78, 5) is 4.17. The van der Waals surface area contributed by atoms with Gasteiger partial charge < -0.3 is 9.47 Å². The minimum Gasteiger partial charge on any atom is -0.467 e. The van der Waals surface area contributed by atoms with E-state index in [1.165, 1.54) is 15.8 Å². The van der Waals surface area contributed by atoms with Crippen molar-refractivity contribution in [3.05, 3.63) is 48.0 Å². The molecule has 0 amide bonds. The lowest BCUT2D eigenvalue weighted by atomic mass is 10.2. The molecule has 0 saturated carbocycles. The zero-order valence-electron chi connectivity index (χ0n) is 15.1. The Morgan fingerprint density at radius 3 is 2.50 bits per heavy atom. The fourth-order valence-corrected chi connectivity index (χ4v) is 4.92. The van der Waals surface area contributed by atoms with Crippen LogP contribution >= 0.6 is 8.58 Å². The summed E-state index contributed by atoms with van der Waals surface area (Å²) in [5.41, 5.74) is 1.16. The summed E-state index contributed by atoms with van der Waals surface area (Å²) in [5.74, 6) is 0.903. The van der Waals surface area contributed by atoms with E-state index < -0.39 is 8.07 Å². The van der Waals surface area contributed by atoms with Crippen LogP contribution < -0.4 is 20.5 Å². The largest absolute Gasteiger partial charge is 0.467 e. The van der Waals surface area contributed by atoms with Gasteiger partial charge in [-0.2, -0.15) is 0 Å². The summed E-state index contributed by atoms with van der Waals surface area (Å²) >= 11 is 0. The number of methoxy groups -OCH3 is 1. The number of ether oxygens (including phenoxy) is 2. The Labute approximate surface area is 147 Å². The van der Waals surface area contributed by atoms with Crippen molar-refractivity contribution in [3.63, 3.8) is 0 Å². The van der Waals surface area contributed by atoms with E-state index >= 15 is 0 Å². The normalized spacial score (nSPS) is 12.4. The summed E-state index contributed by atoms with van der Waals surface area (Å²) in [6.07, 6.45) is 1.92. The molecule has 2 aromatic carbocycles. The van der Waals surface area contributed by atoms with E-state index in [2.05, 4.69) is 61.0 Å². The van der Waals surface area contributed by atoms with Gasteiger partial charge in [0.2, 0.25) is 0 Å². The molecule has 2 aromatic rings. The van der Waals surface area contributed by atoms with Crippen LogP contribution in [0.2, 0.25) is 19.6 Å². The van der Waals surface area contributed by atoms with E-state index in [0.29, 0.717) is 8.58 Å². The smallest absolute Gasteiger partial charge is 0.188 e. The zero-order chi connectivity index (χ0) is 17.6. The molecule has 0 aliphatic heterocycles. The third-order valence-electron chi connectivity index (χ3n) is 3.68. The van der Waals surface area contributed by atoms with E-state index in [1.54, 1.807) is 14.2 Å². The predicted octanol–water partition coefficient (Wildman–Crippen LogP) is 2.89. The standard InChI is InChI=1S/C19H26NO2PSi/c1-20-13-15-8-6-7-9-18(15)23-19-12-16(24(3,4)5)10-11-17(19)22-14-21-2/h6-13,23H,14H2,1-5H3/b20-13+. The van der Waals surface area contributed by atoms with Gasteiger partial charge in [0, 0.05) is 25.7 Å². The molecule has 0 aliphatic rings. The second-order valence-corrected chi connectivity index (χ2v) is 13.0. The van der Waals surface area contributed by atoms with Gasteiger partial charge in [-0.15, -0.1) is 0 Å². The van der Waals surface area contributed by atoms with Crippen LogP contribution in [0.3, 0.4) is 0 Å². The monoisotopic (exact) mass is 359 g/mol. The second-order valence-electron chi connectivity index (χ2n) is 6.61. The van der Waals surface area contributed by atoms with E-state index in [0.717, 1.165) is 11.3 Å². The van der Waals surface area contributed by atoms with Crippen molar-refractivity contribution in [2.75, 3.05) is 21.0 Å². The molecule has 1 atom stereocenters. The van der Waals surface area contributed by atoms with E-state index in [-0.39, 0.29) is 6.79 Å². The Bertz CT molecular complexity index is 711. The van der Waals surface area contributed by atoms with Gasteiger partial charge in [-0.05, 0) is 16.9 Å². The molecule has 5 heteroatoms. The lowest BCUT2D eigenvalue weighted by Gasteiger charge is -2.20. The molecule has 2 rings (SSSR count). The molecule has 0 bridgehead atoms. The van der Waals surface area contributed by atoms with Crippen LogP contribution in [0, 0.1) is 0 Å². The molecular formula is C19H26NO2PSi. The van der Waals surface area contributed by atoms with Gasteiger partial charge in [-0.3, -0.25) is 4.99 Å². The van der Waals surface area contributed by atoms with E-state index in [1.807, 2.05) is 12.3 Å². The first-order chi connectivity index (χ1) is 11.5. The van der Waals surface area contributed by atoms with Crippen LogP contribution in [0.5, 0.6) is 5.75 Å². The van der Waals surface area contributed by atoms with Crippen LogP contribution in [0.1, 0.15) is 5.56 Å². The molecule has 0 saturated heterocycles. The van der Waals surface area contributed by atoms with Crippen LogP contribution in [0.15, 0.2) is 47.5 Å². The van der Waals surface area contributed by atoms with Crippen LogP contribution in [-0.4, -0.2) is 35.2 Å². The summed E-state index contributed by atoms with van der Waals surface area (Å²) < 4.78 is 10.9. The minimum absolute atomic E-state index is 0.266. The Balaban J connectivity index is 2.42. The highest BCUT2D eigenvalue weighted by molar-refractivity contribution is 7.56. The molecule has 0 radical (unpaired) electrons. The molecule has 24 heavy (non-hydrogen) atoms. The highest BCUT2D eigenvalue weighted by atomic mass is 31.1.